The lowest BCUT2D eigenvalue weighted by molar-refractivity contribution is 0.294. The average molecular weight is 552 g/mol. The van der Waals surface area contributed by atoms with Gasteiger partial charge in [0.15, 0.2) is 0 Å². The lowest BCUT2D eigenvalue weighted by atomic mass is 10.1. The molecule has 3 aliphatic heterocycles. The van der Waals surface area contributed by atoms with Crippen LogP contribution in [-0.2, 0) is 4.74 Å². The van der Waals surface area contributed by atoms with Gasteiger partial charge in [-0.05, 0) is 50.9 Å². The summed E-state index contributed by atoms with van der Waals surface area (Å²) in [4.78, 5) is 11.1. The molecule has 0 amide bonds. The van der Waals surface area contributed by atoms with Crippen LogP contribution in [0.25, 0.3) is 5.57 Å². The van der Waals surface area contributed by atoms with E-state index in [1.54, 1.807) is 18.0 Å². The third-order valence-corrected chi connectivity index (χ3v) is 6.77. The minimum absolute atomic E-state index is 0.00350. The van der Waals surface area contributed by atoms with Crippen LogP contribution in [0.3, 0.4) is 0 Å². The Hall–Kier alpha value is -2.10. The summed E-state index contributed by atoms with van der Waals surface area (Å²) < 4.78 is 74.2. The maximum Gasteiger partial charge on any atom is 0.253 e. The molecule has 0 aliphatic carbocycles. The normalized spacial score (nSPS) is 23.9. The molecule has 0 saturated heterocycles. The van der Waals surface area contributed by atoms with E-state index in [0.29, 0.717) is 49.2 Å². The highest BCUT2D eigenvalue weighted by atomic mass is 32.1. The van der Waals surface area contributed by atoms with Gasteiger partial charge in [-0.1, -0.05) is 64.5 Å². The van der Waals surface area contributed by atoms with E-state index in [1.807, 2.05) is 6.08 Å². The van der Waals surface area contributed by atoms with Gasteiger partial charge in [0.05, 0.1) is 24.9 Å². The van der Waals surface area contributed by atoms with Gasteiger partial charge in [-0.2, -0.15) is 4.37 Å². The van der Waals surface area contributed by atoms with Gasteiger partial charge in [-0.25, -0.2) is 4.99 Å². The second kappa shape index (κ2) is 17.5. The molecule has 0 aromatic carbocycles. The smallest absolute Gasteiger partial charge is 0.253 e. The fourth-order valence-electron chi connectivity index (χ4n) is 4.15. The van der Waals surface area contributed by atoms with Crippen molar-refractivity contribution in [2.24, 2.45) is 9.98 Å². The molecule has 212 valence electrons. The number of ether oxygens (including phenoxy) is 2. The van der Waals surface area contributed by atoms with Gasteiger partial charge in [0, 0.05) is 35.7 Å². The molecule has 9 heteroatoms. The number of hydrogen-bond acceptors (Lipinski definition) is 9. The predicted octanol–water partition coefficient (Wildman–Crippen LogP) is 5.87. The molecule has 0 bridgehead atoms. The van der Waals surface area contributed by atoms with Crippen molar-refractivity contribution in [2.75, 3.05) is 60.0 Å². The fraction of sp³-hybridized carbons (Fsp3) is 0.724. The third kappa shape index (κ3) is 10.2. The van der Waals surface area contributed by atoms with Crippen LogP contribution in [0.4, 0.5) is 0 Å². The van der Waals surface area contributed by atoms with E-state index in [-0.39, 0.29) is 19.6 Å². The van der Waals surface area contributed by atoms with E-state index < -0.39 is 20.0 Å². The first-order valence-electron chi connectivity index (χ1n) is 17.4. The molecule has 0 radical (unpaired) electrons. The van der Waals surface area contributed by atoms with Crippen LogP contribution < -0.4 is 4.74 Å². The minimum atomic E-state index is -2.50. The predicted molar refractivity (Wildman–Crippen MR) is 160 cm³/mol. The lowest BCUT2D eigenvalue weighted by Crippen LogP contribution is -2.31. The highest BCUT2D eigenvalue weighted by molar-refractivity contribution is 6.99. The SMILES string of the molecule is [2H]C([2H])([2H])N1CC(C2=NCN=C2OCCCCCC)=CCC1([2H])[2H].[2H]C1([2H])CC=C(c2nsnc2OCCCCCC)CN1C. The van der Waals surface area contributed by atoms with Gasteiger partial charge in [0.25, 0.3) is 5.88 Å². The molecule has 0 atom stereocenters. The highest BCUT2D eigenvalue weighted by Gasteiger charge is 2.22. The fourth-order valence-corrected chi connectivity index (χ4v) is 4.68. The molecule has 4 rings (SSSR count). The highest BCUT2D eigenvalue weighted by Crippen LogP contribution is 2.27. The van der Waals surface area contributed by atoms with E-state index in [1.165, 1.54) is 25.7 Å². The van der Waals surface area contributed by atoms with E-state index in [4.69, 9.17) is 19.1 Å². The molecule has 0 N–H and O–H groups in total. The Labute approximate surface area is 244 Å². The summed E-state index contributed by atoms with van der Waals surface area (Å²) in [5, 5.41) is 0. The number of unbranched alkanes of at least 4 members (excludes halogenated alkanes) is 6. The van der Waals surface area contributed by atoms with E-state index in [0.717, 1.165) is 53.6 Å². The Morgan fingerprint density at radius 3 is 2.26 bits per heavy atom. The van der Waals surface area contributed by atoms with E-state index >= 15 is 0 Å². The quantitative estimate of drug-likeness (QED) is 0.285. The Balaban J connectivity index is 0.000000248. The van der Waals surface area contributed by atoms with Crippen molar-refractivity contribution in [2.45, 2.75) is 78.1 Å². The molecule has 0 spiro atoms. The summed E-state index contributed by atoms with van der Waals surface area (Å²) in [5.74, 6) is 1.05. The van der Waals surface area contributed by atoms with Crippen molar-refractivity contribution in [1.82, 2.24) is 18.5 Å². The first-order chi connectivity index (χ1) is 21.3. The second-order valence-electron chi connectivity index (χ2n) is 9.47. The molecule has 0 saturated carbocycles. The molecule has 3 aliphatic rings. The molecule has 8 nitrogen and oxygen atoms in total. The van der Waals surface area contributed by atoms with Crippen molar-refractivity contribution < 1.29 is 19.1 Å². The Morgan fingerprint density at radius 2 is 1.55 bits per heavy atom. The first-order valence-corrected chi connectivity index (χ1v) is 14.6. The summed E-state index contributed by atoms with van der Waals surface area (Å²) in [6.45, 7) is 0.673. The van der Waals surface area contributed by atoms with Crippen LogP contribution >= 0.6 is 11.7 Å². The summed E-state index contributed by atoms with van der Waals surface area (Å²) in [6.07, 6.45) is 13.0. The second-order valence-corrected chi connectivity index (χ2v) is 10.0. The maximum atomic E-state index is 7.91. The summed E-state index contributed by atoms with van der Waals surface area (Å²) in [5.41, 5.74) is 3.02. The summed E-state index contributed by atoms with van der Waals surface area (Å²) >= 11 is 1.15. The molecule has 0 fully saturated rings. The van der Waals surface area contributed by atoms with E-state index in [2.05, 4.69) is 32.6 Å². The zero-order valence-corrected chi connectivity index (χ0v) is 24.0. The number of likely N-dealkylation sites (N-methyl/N-ethyl adjacent to an activating group) is 2. The van der Waals surface area contributed by atoms with Crippen molar-refractivity contribution in [1.29, 1.82) is 0 Å². The van der Waals surface area contributed by atoms with Gasteiger partial charge < -0.3 is 19.3 Å². The van der Waals surface area contributed by atoms with Crippen molar-refractivity contribution in [3.05, 3.63) is 23.4 Å². The summed E-state index contributed by atoms with van der Waals surface area (Å²) in [7, 11) is 1.79. The Kier molecular flexibility index (Phi) is 9.98. The molecule has 0 unspecified atom stereocenters. The summed E-state index contributed by atoms with van der Waals surface area (Å²) in [6, 6.07) is 0. The molecule has 1 aromatic rings. The maximum absolute atomic E-state index is 7.91. The molecule has 1 aromatic heterocycles. The first kappa shape index (κ1) is 21.7. The van der Waals surface area contributed by atoms with Crippen molar-refractivity contribution in [3.63, 3.8) is 0 Å². The number of aromatic nitrogens is 2. The van der Waals surface area contributed by atoms with Gasteiger partial charge >= 0.3 is 0 Å². The zero-order chi connectivity index (χ0) is 33.1. The van der Waals surface area contributed by atoms with Crippen molar-refractivity contribution >= 4 is 28.9 Å². The standard InChI is InChI=1S/C15H25N3O.C14H23N3OS/c1-3-4-5-6-10-19-15-14(16-12-17-15)13-8-7-9-18(2)11-13;1-3-4-5-6-10-18-14-13(15-19-16-14)12-8-7-9-17(2)11-12/h8H,3-7,9-12H2,1-2H3;8H,3-7,9-11H2,1-2H3/i2D3,9D2;9D2. The van der Waals surface area contributed by atoms with Crippen molar-refractivity contribution in [3.8, 4) is 5.88 Å². The van der Waals surface area contributed by atoms with Crippen LogP contribution in [0.2, 0.25) is 0 Å². The van der Waals surface area contributed by atoms with Crippen LogP contribution in [-0.4, -0.2) is 90.1 Å². The number of rotatable bonds is 13. The minimum Gasteiger partial charge on any atom is -0.476 e. The average Bonchev–Trinajstić information content (AvgIpc) is 3.64. The lowest BCUT2D eigenvalue weighted by Gasteiger charge is -2.23. The van der Waals surface area contributed by atoms with Gasteiger partial charge in [0.1, 0.15) is 18.1 Å². The molecular formula is C29H48N6O2S. The largest absolute Gasteiger partial charge is 0.476 e. The van der Waals surface area contributed by atoms with Crippen LogP contribution in [0.15, 0.2) is 27.7 Å². The van der Waals surface area contributed by atoms with Crippen LogP contribution in [0.5, 0.6) is 5.88 Å². The van der Waals surface area contributed by atoms with E-state index in [9.17, 15) is 0 Å². The molecule has 38 heavy (non-hydrogen) atoms. The van der Waals surface area contributed by atoms with Gasteiger partial charge in [-0.3, -0.25) is 4.99 Å². The third-order valence-electron chi connectivity index (χ3n) is 6.26. The zero-order valence-electron chi connectivity index (χ0n) is 30.2. The number of nitrogens with zero attached hydrogens (tertiary/aromatic N) is 6. The Morgan fingerprint density at radius 1 is 0.868 bits per heavy atom. The van der Waals surface area contributed by atoms with Gasteiger partial charge in [-0.15, -0.1) is 4.37 Å². The monoisotopic (exact) mass is 551 g/mol. The topological polar surface area (TPSA) is 75.4 Å². The van der Waals surface area contributed by atoms with Gasteiger partial charge in [0.2, 0.25) is 5.90 Å². The molecule has 4 heterocycles. The molecular weight excluding hydrogens is 496 g/mol. The Bertz CT molecular complexity index is 1220. The van der Waals surface area contributed by atoms with Crippen LogP contribution in [0, 0.1) is 0 Å². The number of hydrogen-bond donors (Lipinski definition) is 0. The number of aliphatic imine (C=N–C) groups is 2. The van der Waals surface area contributed by atoms with Crippen LogP contribution in [0.1, 0.15) is 93.3 Å².